The molecule has 0 saturated heterocycles. The zero-order valence-electron chi connectivity index (χ0n) is 14.9. The van der Waals surface area contributed by atoms with Gasteiger partial charge in [0.05, 0.1) is 12.5 Å². The van der Waals surface area contributed by atoms with Crippen molar-refractivity contribution < 1.29 is 22.3 Å². The number of nitrogens with zero attached hydrogens (tertiary/aromatic N) is 1. The van der Waals surface area contributed by atoms with Crippen LogP contribution < -0.4 is 15.4 Å². The Bertz CT molecular complexity index is 598. The first-order chi connectivity index (χ1) is 12.3. The number of halogens is 4. The van der Waals surface area contributed by atoms with Gasteiger partial charge in [0.1, 0.15) is 6.10 Å². The lowest BCUT2D eigenvalue weighted by Crippen LogP contribution is -2.47. The van der Waals surface area contributed by atoms with E-state index in [0.717, 1.165) is 0 Å². The Hall–Kier alpha value is -1.99. The van der Waals surface area contributed by atoms with Crippen LogP contribution in [0.4, 0.5) is 17.6 Å². The molecule has 0 radical (unpaired) electrons. The molecule has 0 bridgehead atoms. The van der Waals surface area contributed by atoms with Crippen molar-refractivity contribution in [2.45, 2.75) is 50.9 Å². The monoisotopic (exact) mass is 375 g/mol. The van der Waals surface area contributed by atoms with Gasteiger partial charge >= 0.3 is 6.18 Å². The van der Waals surface area contributed by atoms with Gasteiger partial charge in [-0.05, 0) is 44.7 Å². The number of ether oxygens (including phenoxy) is 1. The average molecular weight is 375 g/mol. The highest BCUT2D eigenvalue weighted by molar-refractivity contribution is 5.80. The Kier molecular flexibility index (Phi) is 7.11. The molecule has 1 unspecified atom stereocenters. The van der Waals surface area contributed by atoms with Crippen molar-refractivity contribution in [3.63, 3.8) is 0 Å². The number of benzene rings is 1. The molecule has 1 aliphatic rings. The van der Waals surface area contributed by atoms with E-state index in [0.29, 0.717) is 25.3 Å². The lowest BCUT2D eigenvalue weighted by Gasteiger charge is -2.31. The molecule has 0 amide bonds. The maximum atomic E-state index is 13.6. The molecule has 1 aliphatic carbocycles. The van der Waals surface area contributed by atoms with Crippen LogP contribution in [0, 0.1) is 11.7 Å². The third-order valence-electron chi connectivity index (χ3n) is 4.48. The van der Waals surface area contributed by atoms with Crippen molar-refractivity contribution in [3.8, 4) is 5.75 Å². The standard InChI is InChI=1S/C18H25F4N3O/c1-12(26-16-6-4-3-5-15(16)19)11-24-17(23-2)25-14-9-7-13(8-10-14)18(20,21)22/h3-6,12-14H,7-11H2,1-2H3,(H2,23,24,25). The Morgan fingerprint density at radius 3 is 2.46 bits per heavy atom. The second-order valence-electron chi connectivity index (χ2n) is 6.55. The Labute approximate surface area is 151 Å². The van der Waals surface area contributed by atoms with Crippen LogP contribution in [0.25, 0.3) is 0 Å². The second-order valence-corrected chi connectivity index (χ2v) is 6.55. The number of alkyl halides is 3. The van der Waals surface area contributed by atoms with Crippen molar-refractivity contribution in [1.82, 2.24) is 10.6 Å². The Morgan fingerprint density at radius 2 is 1.88 bits per heavy atom. The van der Waals surface area contributed by atoms with Crippen molar-refractivity contribution in [3.05, 3.63) is 30.1 Å². The molecular weight excluding hydrogens is 350 g/mol. The van der Waals surface area contributed by atoms with Gasteiger partial charge < -0.3 is 15.4 Å². The normalized spacial score (nSPS) is 22.6. The fraction of sp³-hybridized carbons (Fsp3) is 0.611. The van der Waals surface area contributed by atoms with Gasteiger partial charge in [0.25, 0.3) is 0 Å². The molecule has 26 heavy (non-hydrogen) atoms. The quantitative estimate of drug-likeness (QED) is 0.466. The van der Waals surface area contributed by atoms with E-state index in [2.05, 4.69) is 15.6 Å². The number of para-hydroxylation sites is 1. The molecule has 1 atom stereocenters. The minimum atomic E-state index is -4.11. The Morgan fingerprint density at radius 1 is 1.23 bits per heavy atom. The summed E-state index contributed by atoms with van der Waals surface area (Å²) in [6.07, 6.45) is -3.26. The van der Waals surface area contributed by atoms with E-state index in [4.69, 9.17) is 4.74 Å². The van der Waals surface area contributed by atoms with Crippen LogP contribution in [0.15, 0.2) is 29.3 Å². The van der Waals surface area contributed by atoms with Gasteiger partial charge in [-0.25, -0.2) is 4.39 Å². The topological polar surface area (TPSA) is 45.7 Å². The molecular formula is C18H25F4N3O. The number of rotatable bonds is 5. The van der Waals surface area contributed by atoms with Crippen LogP contribution in [0.2, 0.25) is 0 Å². The number of aliphatic imine (C=N–C) groups is 1. The molecule has 146 valence electrons. The first-order valence-electron chi connectivity index (χ1n) is 8.74. The van der Waals surface area contributed by atoms with Crippen molar-refractivity contribution in [2.75, 3.05) is 13.6 Å². The third kappa shape index (κ3) is 6.07. The first-order valence-corrected chi connectivity index (χ1v) is 8.74. The molecule has 2 rings (SSSR count). The summed E-state index contributed by atoms with van der Waals surface area (Å²) in [6, 6.07) is 6.12. The summed E-state index contributed by atoms with van der Waals surface area (Å²) in [5.74, 6) is -0.951. The highest BCUT2D eigenvalue weighted by Gasteiger charge is 2.41. The summed E-state index contributed by atoms with van der Waals surface area (Å²) in [4.78, 5) is 4.09. The van der Waals surface area contributed by atoms with Crippen molar-refractivity contribution >= 4 is 5.96 Å². The minimum Gasteiger partial charge on any atom is -0.486 e. The molecule has 0 aliphatic heterocycles. The lowest BCUT2D eigenvalue weighted by molar-refractivity contribution is -0.182. The SMILES string of the molecule is CN=C(NCC(C)Oc1ccccc1F)NC1CCC(C(F)(F)F)CC1. The van der Waals surface area contributed by atoms with E-state index in [1.807, 2.05) is 0 Å². The van der Waals surface area contributed by atoms with Crippen LogP contribution in [-0.2, 0) is 0 Å². The zero-order chi connectivity index (χ0) is 19.2. The molecule has 1 saturated carbocycles. The average Bonchev–Trinajstić information content (AvgIpc) is 2.60. The number of hydrogen-bond donors (Lipinski definition) is 2. The number of nitrogens with one attached hydrogen (secondary N) is 2. The van der Waals surface area contributed by atoms with Crippen molar-refractivity contribution in [2.24, 2.45) is 10.9 Å². The van der Waals surface area contributed by atoms with Crippen LogP contribution in [0.3, 0.4) is 0 Å². The summed E-state index contributed by atoms with van der Waals surface area (Å²) in [5, 5.41) is 6.22. The largest absolute Gasteiger partial charge is 0.486 e. The fourth-order valence-electron chi connectivity index (χ4n) is 2.99. The van der Waals surface area contributed by atoms with E-state index in [1.165, 1.54) is 6.07 Å². The molecule has 0 aromatic heterocycles. The summed E-state index contributed by atoms with van der Waals surface area (Å²) in [7, 11) is 1.60. The van der Waals surface area contributed by atoms with Gasteiger partial charge in [-0.3, -0.25) is 4.99 Å². The summed E-state index contributed by atoms with van der Waals surface area (Å²) in [6.45, 7) is 2.17. The van der Waals surface area contributed by atoms with Gasteiger partial charge in [-0.1, -0.05) is 12.1 Å². The van der Waals surface area contributed by atoms with Gasteiger partial charge in [0.2, 0.25) is 0 Å². The Balaban J connectivity index is 1.75. The molecule has 1 aromatic carbocycles. The molecule has 0 heterocycles. The number of guanidine groups is 1. The zero-order valence-corrected chi connectivity index (χ0v) is 14.9. The maximum absolute atomic E-state index is 13.6. The number of hydrogen-bond acceptors (Lipinski definition) is 2. The van der Waals surface area contributed by atoms with Crippen LogP contribution >= 0.6 is 0 Å². The van der Waals surface area contributed by atoms with E-state index in [1.54, 1.807) is 32.2 Å². The van der Waals surface area contributed by atoms with E-state index < -0.39 is 17.9 Å². The van der Waals surface area contributed by atoms with Crippen LogP contribution in [0.1, 0.15) is 32.6 Å². The molecule has 0 spiro atoms. The second kappa shape index (κ2) is 9.09. The lowest BCUT2D eigenvalue weighted by atomic mass is 9.85. The van der Waals surface area contributed by atoms with Gasteiger partial charge in [-0.15, -0.1) is 0 Å². The van der Waals surface area contributed by atoms with E-state index in [9.17, 15) is 17.6 Å². The smallest absolute Gasteiger partial charge is 0.391 e. The van der Waals surface area contributed by atoms with Gasteiger partial charge in [0.15, 0.2) is 17.5 Å². The molecule has 1 fully saturated rings. The van der Waals surface area contributed by atoms with Gasteiger partial charge in [-0.2, -0.15) is 13.2 Å². The van der Waals surface area contributed by atoms with Crippen LogP contribution in [0.5, 0.6) is 5.75 Å². The molecule has 1 aromatic rings. The maximum Gasteiger partial charge on any atom is 0.391 e. The van der Waals surface area contributed by atoms with E-state index in [-0.39, 0.29) is 30.7 Å². The highest BCUT2D eigenvalue weighted by Crippen LogP contribution is 2.37. The summed E-state index contributed by atoms with van der Waals surface area (Å²) in [5.41, 5.74) is 0. The minimum absolute atomic E-state index is 0.0393. The van der Waals surface area contributed by atoms with Crippen molar-refractivity contribution in [1.29, 1.82) is 0 Å². The molecule has 4 nitrogen and oxygen atoms in total. The van der Waals surface area contributed by atoms with E-state index >= 15 is 0 Å². The summed E-state index contributed by atoms with van der Waals surface area (Å²) < 4.78 is 57.3. The van der Waals surface area contributed by atoms with Gasteiger partial charge in [0, 0.05) is 13.1 Å². The fourth-order valence-corrected chi connectivity index (χ4v) is 2.99. The predicted octanol–water partition coefficient (Wildman–Crippen LogP) is 3.88. The predicted molar refractivity (Wildman–Crippen MR) is 92.8 cm³/mol. The third-order valence-corrected chi connectivity index (χ3v) is 4.48. The van der Waals surface area contributed by atoms with Crippen LogP contribution in [-0.4, -0.2) is 37.9 Å². The highest BCUT2D eigenvalue weighted by atomic mass is 19.4. The summed E-state index contributed by atoms with van der Waals surface area (Å²) >= 11 is 0. The first kappa shape index (κ1) is 20.3. The molecule has 8 heteroatoms. The molecule has 2 N–H and O–H groups in total.